The molecule has 8 nitrogen and oxygen atoms in total. The smallest absolute Gasteiger partial charge is 0.262 e. The second kappa shape index (κ2) is 10.5. The van der Waals surface area contributed by atoms with Crippen molar-refractivity contribution < 1.29 is 22.7 Å². The minimum Gasteiger partial charge on any atom is -0.491 e. The highest BCUT2D eigenvalue weighted by Crippen LogP contribution is 2.28. The molecule has 33 heavy (non-hydrogen) atoms. The van der Waals surface area contributed by atoms with Gasteiger partial charge in [-0.05, 0) is 43.5 Å². The molecule has 1 aliphatic rings. The third-order valence-electron chi connectivity index (χ3n) is 5.86. The summed E-state index contributed by atoms with van der Waals surface area (Å²) >= 11 is 0. The Morgan fingerprint density at radius 3 is 2.61 bits per heavy atom. The lowest BCUT2D eigenvalue weighted by molar-refractivity contribution is 0.0281. The number of hydrogen-bond donors (Lipinski definition) is 2. The van der Waals surface area contributed by atoms with E-state index in [0.717, 1.165) is 0 Å². The maximum Gasteiger partial charge on any atom is 0.262 e. The van der Waals surface area contributed by atoms with E-state index in [4.69, 9.17) is 9.47 Å². The largest absolute Gasteiger partial charge is 0.491 e. The summed E-state index contributed by atoms with van der Waals surface area (Å²) in [7, 11) is -0.417. The lowest BCUT2D eigenvalue weighted by Gasteiger charge is -2.30. The van der Waals surface area contributed by atoms with E-state index in [2.05, 4.69) is 17.0 Å². The Hall–Kier alpha value is -2.62. The van der Waals surface area contributed by atoms with Crippen LogP contribution in [0.5, 0.6) is 5.75 Å². The van der Waals surface area contributed by atoms with Gasteiger partial charge in [0.2, 0.25) is 0 Å². The molecule has 2 N–H and O–H groups in total. The van der Waals surface area contributed by atoms with Crippen molar-refractivity contribution in [3.63, 3.8) is 0 Å². The molecule has 0 bridgehead atoms. The zero-order valence-electron chi connectivity index (χ0n) is 19.8. The van der Waals surface area contributed by atoms with Crippen molar-refractivity contribution in [2.24, 2.45) is 5.92 Å². The molecule has 1 heterocycles. The third kappa shape index (κ3) is 6.04. The summed E-state index contributed by atoms with van der Waals surface area (Å²) in [4.78, 5) is 15.0. The van der Waals surface area contributed by atoms with E-state index in [1.807, 2.05) is 6.92 Å². The molecule has 9 heteroatoms. The van der Waals surface area contributed by atoms with Crippen LogP contribution in [0.25, 0.3) is 0 Å². The van der Waals surface area contributed by atoms with E-state index in [1.54, 1.807) is 68.4 Å². The number of hydrogen-bond acceptors (Lipinski definition) is 6. The molecule has 0 saturated heterocycles. The lowest BCUT2D eigenvalue weighted by atomic mass is 10.0. The van der Waals surface area contributed by atoms with E-state index in [0.29, 0.717) is 42.3 Å². The summed E-state index contributed by atoms with van der Waals surface area (Å²) in [5, 5.41) is 3.43. The van der Waals surface area contributed by atoms with E-state index in [1.165, 1.54) is 0 Å². The first-order valence-corrected chi connectivity index (χ1v) is 12.5. The number of likely N-dealkylation sites (N-methyl/N-ethyl adjacent to an activating group) is 1. The zero-order valence-corrected chi connectivity index (χ0v) is 20.6. The first-order valence-electron chi connectivity index (χ1n) is 11.0. The van der Waals surface area contributed by atoms with Crippen LogP contribution in [0.15, 0.2) is 47.4 Å². The Bertz CT molecular complexity index is 1090. The SMILES string of the molecule is CO[C@@H]1CN(C)C(=O)c2ccc(NS(=O)(=O)c3ccccc3C)cc2OC[C@@H](C)NC[C@@H]1C. The van der Waals surface area contributed by atoms with Crippen molar-refractivity contribution in [1.29, 1.82) is 0 Å². The van der Waals surface area contributed by atoms with E-state index < -0.39 is 10.0 Å². The quantitative estimate of drug-likeness (QED) is 0.706. The van der Waals surface area contributed by atoms with Crippen LogP contribution in [0, 0.1) is 12.8 Å². The summed E-state index contributed by atoms with van der Waals surface area (Å²) < 4.78 is 40.1. The van der Waals surface area contributed by atoms with Gasteiger partial charge in [-0.3, -0.25) is 9.52 Å². The van der Waals surface area contributed by atoms with Gasteiger partial charge >= 0.3 is 0 Å². The maximum atomic E-state index is 13.2. The van der Waals surface area contributed by atoms with Gasteiger partial charge in [0.25, 0.3) is 15.9 Å². The standard InChI is InChI=1S/C24H33N3O5S/c1-16-8-6-7-9-23(16)33(29,30)26-19-10-11-20-21(12-19)32-15-18(3)25-13-17(2)22(31-5)14-27(4)24(20)28/h6-12,17-18,22,25-26H,13-15H2,1-5H3/t17-,18+,22+/m0/s1. The molecule has 0 aromatic heterocycles. The van der Waals surface area contributed by atoms with Crippen LogP contribution in [-0.2, 0) is 14.8 Å². The predicted molar refractivity (Wildman–Crippen MR) is 128 cm³/mol. The van der Waals surface area contributed by atoms with E-state index in [-0.39, 0.29) is 28.9 Å². The van der Waals surface area contributed by atoms with Crippen LogP contribution in [0.1, 0.15) is 29.8 Å². The van der Waals surface area contributed by atoms with Gasteiger partial charge in [0.1, 0.15) is 12.4 Å². The van der Waals surface area contributed by atoms with Crippen LogP contribution < -0.4 is 14.8 Å². The monoisotopic (exact) mass is 475 g/mol. The number of nitrogens with one attached hydrogen (secondary N) is 2. The van der Waals surface area contributed by atoms with Crippen molar-refractivity contribution in [2.75, 3.05) is 38.6 Å². The van der Waals surface area contributed by atoms with Crippen molar-refractivity contribution in [2.45, 2.75) is 37.8 Å². The number of carbonyl (C=O) groups excluding carboxylic acids is 1. The number of sulfonamides is 1. The Morgan fingerprint density at radius 1 is 1.18 bits per heavy atom. The second-order valence-electron chi connectivity index (χ2n) is 8.64. The maximum absolute atomic E-state index is 13.2. The minimum atomic E-state index is -3.79. The number of aryl methyl sites for hydroxylation is 1. The number of benzene rings is 2. The topological polar surface area (TPSA) is 97.0 Å². The Kier molecular flexibility index (Phi) is 7.99. The van der Waals surface area contributed by atoms with E-state index >= 15 is 0 Å². The van der Waals surface area contributed by atoms with Crippen molar-refractivity contribution >= 4 is 21.6 Å². The summed E-state index contributed by atoms with van der Waals surface area (Å²) in [6.07, 6.45) is -0.123. The fraction of sp³-hybridized carbons (Fsp3) is 0.458. The highest BCUT2D eigenvalue weighted by atomic mass is 32.2. The van der Waals surface area contributed by atoms with E-state index in [9.17, 15) is 13.2 Å². The fourth-order valence-corrected chi connectivity index (χ4v) is 5.08. The van der Waals surface area contributed by atoms with Gasteiger partial charge in [0.15, 0.2) is 0 Å². The summed E-state index contributed by atoms with van der Waals surface area (Å²) in [6.45, 7) is 7.29. The molecule has 0 fully saturated rings. The summed E-state index contributed by atoms with van der Waals surface area (Å²) in [5.74, 6) is 0.312. The summed E-state index contributed by atoms with van der Waals surface area (Å²) in [5.41, 5.74) is 1.33. The van der Waals surface area contributed by atoms with Crippen molar-refractivity contribution in [3.05, 3.63) is 53.6 Å². The van der Waals surface area contributed by atoms with Crippen LogP contribution in [0.3, 0.4) is 0 Å². The van der Waals surface area contributed by atoms with Crippen molar-refractivity contribution in [1.82, 2.24) is 10.2 Å². The normalized spacial score (nSPS) is 22.5. The third-order valence-corrected chi connectivity index (χ3v) is 7.40. The average molecular weight is 476 g/mol. The summed E-state index contributed by atoms with van der Waals surface area (Å²) in [6, 6.07) is 11.5. The molecular weight excluding hydrogens is 442 g/mol. The highest BCUT2D eigenvalue weighted by molar-refractivity contribution is 7.92. The van der Waals surface area contributed by atoms with Gasteiger partial charge in [-0.2, -0.15) is 0 Å². The predicted octanol–water partition coefficient (Wildman–Crippen LogP) is 2.89. The van der Waals surface area contributed by atoms with Crippen LogP contribution in [0.4, 0.5) is 5.69 Å². The number of carbonyl (C=O) groups is 1. The average Bonchev–Trinajstić information content (AvgIpc) is 2.78. The number of amides is 1. The fourth-order valence-electron chi connectivity index (χ4n) is 3.79. The number of fused-ring (bicyclic) bond motifs is 1. The number of ether oxygens (including phenoxy) is 2. The molecule has 0 unspecified atom stereocenters. The molecule has 0 spiro atoms. The molecule has 2 aromatic rings. The van der Waals surface area contributed by atoms with Gasteiger partial charge in [-0.25, -0.2) is 8.42 Å². The molecule has 0 radical (unpaired) electrons. The first kappa shape index (κ1) is 25.0. The second-order valence-corrected chi connectivity index (χ2v) is 10.3. The van der Waals surface area contributed by atoms with Gasteiger partial charge in [-0.1, -0.05) is 25.1 Å². The van der Waals surface area contributed by atoms with Crippen LogP contribution in [-0.4, -0.2) is 65.2 Å². The van der Waals surface area contributed by atoms with Gasteiger partial charge < -0.3 is 19.7 Å². The minimum absolute atomic E-state index is 0.0254. The molecule has 3 atom stereocenters. The number of rotatable bonds is 4. The Balaban J connectivity index is 1.93. The van der Waals surface area contributed by atoms with Gasteiger partial charge in [0.05, 0.1) is 22.3 Å². The highest BCUT2D eigenvalue weighted by Gasteiger charge is 2.26. The number of methoxy groups -OCH3 is 1. The van der Waals surface area contributed by atoms with Gasteiger partial charge in [0, 0.05) is 39.4 Å². The lowest BCUT2D eigenvalue weighted by Crippen LogP contribution is -2.44. The number of nitrogens with zero attached hydrogens (tertiary/aromatic N) is 1. The number of anilines is 1. The molecule has 1 amide bonds. The molecule has 0 aliphatic carbocycles. The van der Waals surface area contributed by atoms with Gasteiger partial charge in [-0.15, -0.1) is 0 Å². The molecule has 3 rings (SSSR count). The Morgan fingerprint density at radius 2 is 1.91 bits per heavy atom. The van der Waals surface area contributed by atoms with Crippen LogP contribution in [0.2, 0.25) is 0 Å². The molecule has 0 saturated carbocycles. The Labute approximate surface area is 196 Å². The molecule has 180 valence electrons. The van der Waals surface area contributed by atoms with Crippen LogP contribution >= 0.6 is 0 Å². The molecule has 2 aromatic carbocycles. The molecular formula is C24H33N3O5S. The first-order chi connectivity index (χ1) is 15.6. The zero-order chi connectivity index (χ0) is 24.2. The van der Waals surface area contributed by atoms with Crippen molar-refractivity contribution in [3.8, 4) is 5.75 Å². The molecule has 1 aliphatic heterocycles.